The highest BCUT2D eigenvalue weighted by molar-refractivity contribution is 7.80. The highest BCUT2D eigenvalue weighted by Crippen LogP contribution is 2.42. The van der Waals surface area contributed by atoms with Crippen molar-refractivity contribution in [2.24, 2.45) is 0 Å². The quantitative estimate of drug-likeness (QED) is 0.229. The predicted octanol–water partition coefficient (Wildman–Crippen LogP) is 5.61. The van der Waals surface area contributed by atoms with Crippen LogP contribution in [0.25, 0.3) is 5.69 Å². The maximum Gasteiger partial charge on any atom is 0.269 e. The average Bonchev–Trinajstić information content (AvgIpc) is 3.44. The number of nitrogens with one attached hydrogen (secondary N) is 1. The van der Waals surface area contributed by atoms with Gasteiger partial charge in [-0.05, 0) is 72.9 Å². The van der Waals surface area contributed by atoms with E-state index in [9.17, 15) is 10.1 Å². The van der Waals surface area contributed by atoms with Gasteiger partial charge in [0.15, 0.2) is 5.11 Å². The minimum atomic E-state index is -0.404. The third-order valence-electron chi connectivity index (χ3n) is 5.62. The molecule has 1 saturated heterocycles. The molecule has 7 nitrogen and oxygen atoms in total. The van der Waals surface area contributed by atoms with Crippen LogP contribution in [0.5, 0.6) is 0 Å². The summed E-state index contributed by atoms with van der Waals surface area (Å²) in [5.74, 6) is 0. The molecule has 2 aromatic heterocycles. The summed E-state index contributed by atoms with van der Waals surface area (Å²) >= 11 is 11.9. The average molecular weight is 476 g/mol. The Morgan fingerprint density at radius 1 is 0.970 bits per heavy atom. The first-order valence-electron chi connectivity index (χ1n) is 10.2. The summed E-state index contributed by atoms with van der Waals surface area (Å²) in [7, 11) is 0. The molecule has 164 valence electrons. The molecule has 1 aliphatic heterocycles. The summed E-state index contributed by atoms with van der Waals surface area (Å²) in [5.41, 5.74) is 3.58. The molecule has 2 aromatic carbocycles. The number of nitrogens with zero attached hydrogens (tertiary/aromatic N) is 4. The van der Waals surface area contributed by atoms with Crippen molar-refractivity contribution in [3.63, 3.8) is 0 Å². The Morgan fingerprint density at radius 2 is 1.70 bits per heavy atom. The number of nitro benzene ring substituents is 1. The first-order chi connectivity index (χ1) is 16.0. The number of thiocarbonyl (C=S) groups is 1. The third-order valence-corrected chi connectivity index (χ3v) is 6.19. The Labute approximate surface area is 200 Å². The number of non-ortho nitro benzene ring substituents is 1. The Bertz CT molecular complexity index is 1310. The molecule has 0 radical (unpaired) electrons. The normalized spacial score (nSPS) is 17.7. The maximum atomic E-state index is 11.1. The lowest BCUT2D eigenvalue weighted by molar-refractivity contribution is -0.384. The highest BCUT2D eigenvalue weighted by Gasteiger charge is 2.42. The molecule has 1 aliphatic rings. The molecule has 1 N–H and O–H groups in total. The topological polar surface area (TPSA) is 76.2 Å². The molecule has 4 aromatic rings. The predicted molar refractivity (Wildman–Crippen MR) is 132 cm³/mol. The zero-order chi connectivity index (χ0) is 22.9. The van der Waals surface area contributed by atoms with E-state index < -0.39 is 4.92 Å². The second-order valence-electron chi connectivity index (χ2n) is 7.55. The van der Waals surface area contributed by atoms with Gasteiger partial charge in [0.25, 0.3) is 5.69 Å². The summed E-state index contributed by atoms with van der Waals surface area (Å²) in [4.78, 5) is 17.3. The molecule has 2 atom stereocenters. The van der Waals surface area contributed by atoms with Crippen LogP contribution in [0.2, 0.25) is 5.02 Å². The molecule has 0 unspecified atom stereocenters. The second kappa shape index (κ2) is 8.65. The van der Waals surface area contributed by atoms with Crippen molar-refractivity contribution in [3.05, 3.63) is 118 Å². The van der Waals surface area contributed by atoms with E-state index in [1.165, 1.54) is 12.1 Å². The summed E-state index contributed by atoms with van der Waals surface area (Å²) in [6.07, 6.45) is 3.70. The fourth-order valence-corrected chi connectivity index (χ4v) is 4.61. The largest absolute Gasteiger partial charge is 0.351 e. The van der Waals surface area contributed by atoms with Crippen LogP contribution in [0.15, 0.2) is 91.3 Å². The first kappa shape index (κ1) is 21.1. The highest BCUT2D eigenvalue weighted by atomic mass is 35.5. The number of nitro groups is 1. The van der Waals surface area contributed by atoms with Crippen LogP contribution in [0.3, 0.4) is 0 Å². The number of pyridine rings is 1. The number of anilines is 1. The molecule has 5 rings (SSSR count). The number of hydrogen-bond donors (Lipinski definition) is 1. The zero-order valence-corrected chi connectivity index (χ0v) is 18.8. The van der Waals surface area contributed by atoms with Gasteiger partial charge in [0.1, 0.15) is 6.04 Å². The molecule has 1 fully saturated rings. The van der Waals surface area contributed by atoms with E-state index in [0.29, 0.717) is 10.1 Å². The smallest absolute Gasteiger partial charge is 0.269 e. The number of aromatic nitrogens is 2. The van der Waals surface area contributed by atoms with Crippen molar-refractivity contribution < 1.29 is 4.92 Å². The van der Waals surface area contributed by atoms with Crippen molar-refractivity contribution in [3.8, 4) is 5.69 Å². The standard InChI is InChI=1S/C24H18ClN5O2S/c25-16-6-8-18(9-7-16)29-23(22(27-24(29)33)20-4-1-2-14-26-20)21-5-3-15-28(21)17-10-12-19(13-11-17)30(31)32/h1-15,22-23H,(H,27,33)/t22-,23+/m0/s1. The molecular formula is C24H18ClN5O2S. The van der Waals surface area contributed by atoms with Crippen LogP contribution in [0, 0.1) is 10.1 Å². The van der Waals surface area contributed by atoms with Crippen LogP contribution >= 0.6 is 23.8 Å². The molecule has 0 amide bonds. The number of rotatable bonds is 5. The molecule has 9 heteroatoms. The molecule has 33 heavy (non-hydrogen) atoms. The lowest BCUT2D eigenvalue weighted by atomic mass is 10.0. The lowest BCUT2D eigenvalue weighted by Gasteiger charge is -2.29. The Morgan fingerprint density at radius 3 is 2.36 bits per heavy atom. The van der Waals surface area contributed by atoms with Gasteiger partial charge >= 0.3 is 0 Å². The second-order valence-corrected chi connectivity index (χ2v) is 8.37. The summed E-state index contributed by atoms with van der Waals surface area (Å²) in [6.45, 7) is 0. The molecule has 0 aliphatic carbocycles. The van der Waals surface area contributed by atoms with E-state index in [0.717, 1.165) is 22.8 Å². The third kappa shape index (κ3) is 3.94. The molecule has 3 heterocycles. The van der Waals surface area contributed by atoms with Crippen molar-refractivity contribution >= 4 is 40.3 Å². The zero-order valence-electron chi connectivity index (χ0n) is 17.2. The molecular weight excluding hydrogens is 458 g/mol. The van der Waals surface area contributed by atoms with Crippen LogP contribution in [-0.4, -0.2) is 19.6 Å². The minimum Gasteiger partial charge on any atom is -0.351 e. The summed E-state index contributed by atoms with van der Waals surface area (Å²) in [5, 5.41) is 15.7. The Hall–Kier alpha value is -3.75. The van der Waals surface area contributed by atoms with Gasteiger partial charge in [-0.2, -0.15) is 0 Å². The monoisotopic (exact) mass is 475 g/mol. The number of benzene rings is 2. The van der Waals surface area contributed by atoms with Gasteiger partial charge in [-0.1, -0.05) is 17.7 Å². The first-order valence-corrected chi connectivity index (χ1v) is 11.0. The van der Waals surface area contributed by atoms with Crippen molar-refractivity contribution in [1.82, 2.24) is 14.9 Å². The summed E-state index contributed by atoms with van der Waals surface area (Å²) < 4.78 is 2.02. The van der Waals surface area contributed by atoms with Gasteiger partial charge in [0.2, 0.25) is 0 Å². The van der Waals surface area contributed by atoms with Gasteiger partial charge in [0.05, 0.1) is 16.7 Å². The lowest BCUT2D eigenvalue weighted by Crippen LogP contribution is -2.30. The molecule has 0 bridgehead atoms. The number of hydrogen-bond acceptors (Lipinski definition) is 4. The van der Waals surface area contributed by atoms with Gasteiger partial charge in [-0.3, -0.25) is 15.1 Å². The maximum absolute atomic E-state index is 11.1. The van der Waals surface area contributed by atoms with E-state index in [2.05, 4.69) is 15.2 Å². The fraction of sp³-hybridized carbons (Fsp3) is 0.0833. The van der Waals surface area contributed by atoms with E-state index >= 15 is 0 Å². The van der Waals surface area contributed by atoms with E-state index in [1.807, 2.05) is 65.4 Å². The van der Waals surface area contributed by atoms with Crippen LogP contribution in [0.4, 0.5) is 11.4 Å². The van der Waals surface area contributed by atoms with E-state index in [-0.39, 0.29) is 17.8 Å². The van der Waals surface area contributed by atoms with Crippen LogP contribution < -0.4 is 10.2 Å². The SMILES string of the molecule is O=[N+]([O-])c1ccc(-n2cccc2[C@@H]2[C@H](c3ccccn3)NC(=S)N2c2ccc(Cl)cc2)cc1. The summed E-state index contributed by atoms with van der Waals surface area (Å²) in [6, 6.07) is 23.4. The fourth-order valence-electron chi connectivity index (χ4n) is 4.14. The molecule has 0 saturated carbocycles. The van der Waals surface area contributed by atoms with Crippen molar-refractivity contribution in [2.75, 3.05) is 4.90 Å². The van der Waals surface area contributed by atoms with E-state index in [4.69, 9.17) is 23.8 Å². The van der Waals surface area contributed by atoms with Gasteiger partial charge in [-0.15, -0.1) is 0 Å². The van der Waals surface area contributed by atoms with Crippen LogP contribution in [0.1, 0.15) is 23.5 Å². The van der Waals surface area contributed by atoms with Crippen molar-refractivity contribution in [1.29, 1.82) is 0 Å². The van der Waals surface area contributed by atoms with Gasteiger partial charge in [0, 0.05) is 46.6 Å². The Kier molecular flexibility index (Phi) is 5.53. The van der Waals surface area contributed by atoms with Crippen LogP contribution in [-0.2, 0) is 0 Å². The van der Waals surface area contributed by atoms with E-state index in [1.54, 1.807) is 18.3 Å². The van der Waals surface area contributed by atoms with Gasteiger partial charge in [-0.25, -0.2) is 0 Å². The minimum absolute atomic E-state index is 0.0466. The van der Waals surface area contributed by atoms with Crippen molar-refractivity contribution in [2.45, 2.75) is 12.1 Å². The molecule has 0 spiro atoms. The Balaban J connectivity index is 1.63. The van der Waals surface area contributed by atoms with Gasteiger partial charge < -0.3 is 14.8 Å². The number of halogens is 1.